The van der Waals surface area contributed by atoms with Crippen molar-refractivity contribution in [2.75, 3.05) is 6.61 Å². The van der Waals surface area contributed by atoms with Crippen LogP contribution in [0.4, 0.5) is 0 Å². The van der Waals surface area contributed by atoms with E-state index < -0.39 is 0 Å². The molecule has 0 N–H and O–H groups in total. The summed E-state index contributed by atoms with van der Waals surface area (Å²) >= 11 is 0. The molecule has 0 aliphatic carbocycles. The Morgan fingerprint density at radius 2 is 1.76 bits per heavy atom. The third-order valence-corrected chi connectivity index (χ3v) is 3.04. The van der Waals surface area contributed by atoms with Gasteiger partial charge >= 0.3 is 0 Å². The van der Waals surface area contributed by atoms with Crippen molar-refractivity contribution in [3.63, 3.8) is 0 Å². The molecule has 3 nitrogen and oxygen atoms in total. The summed E-state index contributed by atoms with van der Waals surface area (Å²) in [6.07, 6.45) is 3.11. The van der Waals surface area contributed by atoms with Crippen molar-refractivity contribution in [3.8, 4) is 17.6 Å². The van der Waals surface area contributed by atoms with E-state index in [0.717, 1.165) is 42.9 Å². The van der Waals surface area contributed by atoms with Crippen molar-refractivity contribution in [2.45, 2.75) is 33.1 Å². The maximum absolute atomic E-state index is 5.62. The Bertz CT molecular complexity index is 606. The van der Waals surface area contributed by atoms with Crippen molar-refractivity contribution in [1.29, 1.82) is 0 Å². The molecule has 0 aliphatic rings. The van der Waals surface area contributed by atoms with Gasteiger partial charge in [0.2, 0.25) is 0 Å². The maximum atomic E-state index is 5.62. The highest BCUT2D eigenvalue weighted by atomic mass is 16.5. The molecular weight excluding hydrogens is 260 g/mol. The van der Waals surface area contributed by atoms with E-state index in [1.807, 2.05) is 36.4 Å². The fraction of sp³-hybridized carbons (Fsp3) is 0.333. The highest BCUT2D eigenvalue weighted by Gasteiger charge is 1.94. The van der Waals surface area contributed by atoms with Gasteiger partial charge in [0.1, 0.15) is 11.4 Å². The number of benzene rings is 1. The largest absolute Gasteiger partial charge is 0.494 e. The van der Waals surface area contributed by atoms with Gasteiger partial charge in [0.15, 0.2) is 0 Å². The first-order chi connectivity index (χ1) is 10.3. The standard InChI is InChI=1S/C18H20N2O/c1-3-5-14-21-18-12-7-15(8-13-18)6-9-17-11-10-16(4-2)19-20-17/h7-8,10-13H,3-5,14H2,1-2H3. The second-order valence-electron chi connectivity index (χ2n) is 4.74. The summed E-state index contributed by atoms with van der Waals surface area (Å²) in [4.78, 5) is 0. The lowest BCUT2D eigenvalue weighted by Crippen LogP contribution is -1.96. The predicted octanol–water partition coefficient (Wildman–Crippen LogP) is 3.62. The Kier molecular flexibility index (Phi) is 5.78. The molecule has 1 aromatic carbocycles. The van der Waals surface area contributed by atoms with Gasteiger partial charge in [-0.25, -0.2) is 0 Å². The average Bonchev–Trinajstić information content (AvgIpc) is 2.55. The van der Waals surface area contributed by atoms with Crippen molar-refractivity contribution < 1.29 is 4.74 Å². The van der Waals surface area contributed by atoms with Crippen LogP contribution in [0, 0.1) is 11.8 Å². The molecule has 0 unspecified atom stereocenters. The lowest BCUT2D eigenvalue weighted by atomic mass is 10.2. The molecular formula is C18H20N2O. The molecule has 2 rings (SSSR count). The zero-order chi connectivity index (χ0) is 14.9. The van der Waals surface area contributed by atoms with Gasteiger partial charge < -0.3 is 4.74 Å². The fourth-order valence-electron chi connectivity index (χ4n) is 1.72. The molecule has 0 saturated heterocycles. The van der Waals surface area contributed by atoms with E-state index in [1.54, 1.807) is 0 Å². The molecule has 108 valence electrons. The first-order valence-corrected chi connectivity index (χ1v) is 7.39. The van der Waals surface area contributed by atoms with E-state index in [2.05, 4.69) is 35.9 Å². The molecule has 0 bridgehead atoms. The molecule has 0 aliphatic heterocycles. The van der Waals surface area contributed by atoms with Crippen LogP contribution in [0.1, 0.15) is 43.6 Å². The first kappa shape index (κ1) is 15.1. The maximum Gasteiger partial charge on any atom is 0.136 e. The quantitative estimate of drug-likeness (QED) is 0.620. The van der Waals surface area contributed by atoms with E-state index in [0.29, 0.717) is 5.69 Å². The molecule has 0 atom stereocenters. The molecule has 3 heteroatoms. The number of unbranched alkanes of at least 4 members (excludes halogenated alkanes) is 1. The van der Waals surface area contributed by atoms with Crippen molar-refractivity contribution in [3.05, 3.63) is 53.3 Å². The molecule has 0 saturated carbocycles. The molecule has 0 spiro atoms. The van der Waals surface area contributed by atoms with Crippen LogP contribution in [0.15, 0.2) is 36.4 Å². The SMILES string of the molecule is CCCCOc1ccc(C#Cc2ccc(CC)nn2)cc1. The normalized spacial score (nSPS) is 9.81. The Morgan fingerprint density at radius 1 is 0.952 bits per heavy atom. The number of hydrogen-bond donors (Lipinski definition) is 0. The topological polar surface area (TPSA) is 35.0 Å². The monoisotopic (exact) mass is 280 g/mol. The number of nitrogens with zero attached hydrogens (tertiary/aromatic N) is 2. The summed E-state index contributed by atoms with van der Waals surface area (Å²) in [5, 5.41) is 8.18. The van der Waals surface area contributed by atoms with Crippen LogP contribution in [0.25, 0.3) is 0 Å². The van der Waals surface area contributed by atoms with Crippen LogP contribution in [0.2, 0.25) is 0 Å². The highest BCUT2D eigenvalue weighted by Crippen LogP contribution is 2.12. The van der Waals surface area contributed by atoms with Gasteiger partial charge in [0.25, 0.3) is 0 Å². The number of rotatable bonds is 5. The van der Waals surface area contributed by atoms with E-state index in [4.69, 9.17) is 4.74 Å². The van der Waals surface area contributed by atoms with Crippen LogP contribution < -0.4 is 4.74 Å². The Hall–Kier alpha value is -2.34. The second kappa shape index (κ2) is 8.06. The summed E-state index contributed by atoms with van der Waals surface area (Å²) < 4.78 is 5.62. The van der Waals surface area contributed by atoms with Crippen molar-refractivity contribution in [1.82, 2.24) is 10.2 Å². The summed E-state index contributed by atoms with van der Waals surface area (Å²) in [7, 11) is 0. The van der Waals surface area contributed by atoms with Gasteiger partial charge in [-0.15, -0.1) is 5.10 Å². The second-order valence-corrected chi connectivity index (χ2v) is 4.74. The average molecular weight is 280 g/mol. The third-order valence-electron chi connectivity index (χ3n) is 3.04. The van der Waals surface area contributed by atoms with Crippen LogP contribution in [0.5, 0.6) is 5.75 Å². The minimum absolute atomic E-state index is 0.690. The van der Waals surface area contributed by atoms with Gasteiger partial charge in [0, 0.05) is 5.56 Å². The number of hydrogen-bond acceptors (Lipinski definition) is 3. The molecule has 1 aromatic heterocycles. The van der Waals surface area contributed by atoms with Crippen LogP contribution in [-0.4, -0.2) is 16.8 Å². The number of aryl methyl sites for hydroxylation is 1. The smallest absolute Gasteiger partial charge is 0.136 e. The molecule has 1 heterocycles. The summed E-state index contributed by atoms with van der Waals surface area (Å²) in [5.74, 6) is 6.99. The summed E-state index contributed by atoms with van der Waals surface area (Å²) in [6.45, 7) is 4.97. The van der Waals surface area contributed by atoms with Crippen LogP contribution >= 0.6 is 0 Å². The summed E-state index contributed by atoms with van der Waals surface area (Å²) in [5.41, 5.74) is 2.61. The lowest BCUT2D eigenvalue weighted by molar-refractivity contribution is 0.309. The highest BCUT2D eigenvalue weighted by molar-refractivity contribution is 5.42. The van der Waals surface area contributed by atoms with E-state index in [1.165, 1.54) is 0 Å². The molecule has 21 heavy (non-hydrogen) atoms. The van der Waals surface area contributed by atoms with Crippen LogP contribution in [0.3, 0.4) is 0 Å². The number of aromatic nitrogens is 2. The van der Waals surface area contributed by atoms with E-state index >= 15 is 0 Å². The molecule has 2 aromatic rings. The molecule has 0 amide bonds. The van der Waals surface area contributed by atoms with Gasteiger partial charge in [-0.05, 0) is 55.2 Å². The lowest BCUT2D eigenvalue weighted by Gasteiger charge is -2.04. The Balaban J connectivity index is 1.98. The minimum Gasteiger partial charge on any atom is -0.494 e. The van der Waals surface area contributed by atoms with Gasteiger partial charge in [-0.2, -0.15) is 5.10 Å². The van der Waals surface area contributed by atoms with Crippen molar-refractivity contribution in [2.24, 2.45) is 0 Å². The number of ether oxygens (including phenoxy) is 1. The fourth-order valence-corrected chi connectivity index (χ4v) is 1.72. The van der Waals surface area contributed by atoms with Gasteiger partial charge in [0.05, 0.1) is 12.3 Å². The minimum atomic E-state index is 0.690. The molecule has 0 radical (unpaired) electrons. The van der Waals surface area contributed by atoms with E-state index in [-0.39, 0.29) is 0 Å². The predicted molar refractivity (Wildman–Crippen MR) is 84.2 cm³/mol. The van der Waals surface area contributed by atoms with Gasteiger partial charge in [-0.1, -0.05) is 26.2 Å². The zero-order valence-corrected chi connectivity index (χ0v) is 12.6. The molecule has 0 fully saturated rings. The first-order valence-electron chi connectivity index (χ1n) is 7.39. The summed E-state index contributed by atoms with van der Waals surface area (Å²) in [6, 6.07) is 11.7. The Morgan fingerprint density at radius 3 is 2.38 bits per heavy atom. The van der Waals surface area contributed by atoms with Gasteiger partial charge in [-0.3, -0.25) is 0 Å². The zero-order valence-electron chi connectivity index (χ0n) is 12.6. The van der Waals surface area contributed by atoms with Crippen LogP contribution in [-0.2, 0) is 6.42 Å². The van der Waals surface area contributed by atoms with E-state index in [9.17, 15) is 0 Å². The third kappa shape index (κ3) is 4.92. The Labute approximate surface area is 126 Å². The van der Waals surface area contributed by atoms with Crippen molar-refractivity contribution >= 4 is 0 Å².